The van der Waals surface area contributed by atoms with Crippen LogP contribution in [0.15, 0.2) is 243 Å². The minimum Gasteiger partial charge on any atom is -0.309 e. The molecule has 0 aliphatic heterocycles. The van der Waals surface area contributed by atoms with Crippen LogP contribution in [0.25, 0.3) is 122 Å². The van der Waals surface area contributed by atoms with E-state index in [2.05, 4.69) is 221 Å². The highest BCUT2D eigenvalue weighted by Crippen LogP contribution is 2.40. The summed E-state index contributed by atoms with van der Waals surface area (Å²) in [7, 11) is 0. The summed E-state index contributed by atoms with van der Waals surface area (Å²) >= 11 is 0. The molecule has 0 N–H and O–H groups in total. The lowest BCUT2D eigenvalue weighted by Gasteiger charge is -2.12. The van der Waals surface area contributed by atoms with Crippen molar-refractivity contribution in [3.63, 3.8) is 0 Å². The molecule has 308 valence electrons. The molecule has 0 atom stereocenters. The zero-order valence-corrected chi connectivity index (χ0v) is 35.9. The van der Waals surface area contributed by atoms with Crippen LogP contribution in [-0.4, -0.2) is 19.1 Å². The Balaban J connectivity index is 0.925. The molecule has 0 fully saturated rings. The van der Waals surface area contributed by atoms with Gasteiger partial charge in [-0.3, -0.25) is 0 Å². The zero-order valence-electron chi connectivity index (χ0n) is 35.9. The fourth-order valence-corrected chi connectivity index (χ4v) is 9.94. The molecule has 0 aliphatic carbocycles. The van der Waals surface area contributed by atoms with Gasteiger partial charge in [0.15, 0.2) is 0 Å². The van der Waals surface area contributed by atoms with Crippen molar-refractivity contribution in [3.8, 4) is 67.3 Å². The summed E-state index contributed by atoms with van der Waals surface area (Å²) in [4.78, 5) is 10.3. The third-order valence-corrected chi connectivity index (χ3v) is 13.1. The number of para-hydroxylation sites is 4. The summed E-state index contributed by atoms with van der Waals surface area (Å²) in [6, 6.07) is 87.0. The Kier molecular flexibility index (Phi) is 8.81. The molecule has 3 aromatic heterocycles. The van der Waals surface area contributed by atoms with E-state index < -0.39 is 0 Å². The second-order valence-electron chi connectivity index (χ2n) is 17.0. The lowest BCUT2D eigenvalue weighted by Crippen LogP contribution is -1.97. The SMILES string of the molecule is c1ccc(-c2cccc(-c3ccc4c(c3)c3cc(-c5ccc6c(c5)c5ccccc5n6-c5ccc(-c6nc7ccccc7nc6-c6ccccc6)cc5)ccc3n4-c3ccccc3)c2)cc1. The minimum atomic E-state index is 0.871. The van der Waals surface area contributed by atoms with Crippen LogP contribution in [0, 0.1) is 0 Å². The molecule has 0 unspecified atom stereocenters. The summed E-state index contributed by atoms with van der Waals surface area (Å²) in [5.41, 5.74) is 19.7. The fourth-order valence-electron chi connectivity index (χ4n) is 9.94. The molecular weight excluding hydrogens is 801 g/mol. The van der Waals surface area contributed by atoms with Crippen LogP contribution in [-0.2, 0) is 0 Å². The van der Waals surface area contributed by atoms with Crippen molar-refractivity contribution in [2.45, 2.75) is 0 Å². The van der Waals surface area contributed by atoms with E-state index in [1.807, 2.05) is 30.3 Å². The molecule has 0 bridgehead atoms. The van der Waals surface area contributed by atoms with Gasteiger partial charge in [0.2, 0.25) is 0 Å². The van der Waals surface area contributed by atoms with Crippen LogP contribution in [0.4, 0.5) is 0 Å². The van der Waals surface area contributed by atoms with Gasteiger partial charge in [-0.2, -0.15) is 0 Å². The first kappa shape index (κ1) is 37.7. The lowest BCUT2D eigenvalue weighted by molar-refractivity contribution is 1.18. The molecule has 0 saturated carbocycles. The van der Waals surface area contributed by atoms with Crippen molar-refractivity contribution < 1.29 is 0 Å². The van der Waals surface area contributed by atoms with Gasteiger partial charge in [0.25, 0.3) is 0 Å². The quantitative estimate of drug-likeness (QED) is 0.160. The van der Waals surface area contributed by atoms with E-state index in [4.69, 9.17) is 9.97 Å². The highest BCUT2D eigenvalue weighted by Gasteiger charge is 2.19. The predicted octanol–water partition coefficient (Wildman–Crippen LogP) is 16.2. The van der Waals surface area contributed by atoms with E-state index >= 15 is 0 Å². The summed E-state index contributed by atoms with van der Waals surface area (Å²) in [5.74, 6) is 0. The van der Waals surface area contributed by atoms with E-state index in [0.29, 0.717) is 0 Å². The van der Waals surface area contributed by atoms with Gasteiger partial charge in [0.05, 0.1) is 44.5 Å². The van der Waals surface area contributed by atoms with Crippen molar-refractivity contribution >= 4 is 54.6 Å². The number of nitrogens with zero attached hydrogens (tertiary/aromatic N) is 4. The smallest absolute Gasteiger partial charge is 0.0973 e. The third kappa shape index (κ3) is 6.30. The Morgan fingerprint density at radius 2 is 0.591 bits per heavy atom. The number of hydrogen-bond acceptors (Lipinski definition) is 2. The van der Waals surface area contributed by atoms with Crippen molar-refractivity contribution in [3.05, 3.63) is 243 Å². The number of benzene rings is 10. The van der Waals surface area contributed by atoms with Gasteiger partial charge in [0.1, 0.15) is 0 Å². The fraction of sp³-hybridized carbons (Fsp3) is 0. The van der Waals surface area contributed by atoms with Gasteiger partial charge in [0, 0.05) is 44.0 Å². The van der Waals surface area contributed by atoms with Crippen LogP contribution < -0.4 is 0 Å². The zero-order chi connectivity index (χ0) is 43.6. The van der Waals surface area contributed by atoms with E-state index in [1.165, 1.54) is 66.0 Å². The van der Waals surface area contributed by atoms with E-state index in [9.17, 15) is 0 Å². The molecule has 13 rings (SSSR count). The molecule has 0 radical (unpaired) electrons. The topological polar surface area (TPSA) is 35.6 Å². The van der Waals surface area contributed by atoms with E-state index in [0.717, 1.165) is 56.0 Å². The summed E-state index contributed by atoms with van der Waals surface area (Å²) in [5, 5.41) is 4.88. The van der Waals surface area contributed by atoms with E-state index in [-0.39, 0.29) is 0 Å². The predicted molar refractivity (Wildman–Crippen MR) is 275 cm³/mol. The molecule has 4 heteroatoms. The first-order valence-electron chi connectivity index (χ1n) is 22.5. The lowest BCUT2D eigenvalue weighted by atomic mass is 9.97. The molecule has 4 nitrogen and oxygen atoms in total. The van der Waals surface area contributed by atoms with Crippen LogP contribution in [0.1, 0.15) is 0 Å². The highest BCUT2D eigenvalue weighted by molar-refractivity contribution is 6.13. The number of aromatic nitrogens is 4. The van der Waals surface area contributed by atoms with Crippen molar-refractivity contribution in [2.75, 3.05) is 0 Å². The first-order chi connectivity index (χ1) is 32.7. The Hall–Kier alpha value is -8.86. The normalized spacial score (nSPS) is 11.6. The molecule has 10 aromatic carbocycles. The maximum atomic E-state index is 5.17. The van der Waals surface area contributed by atoms with Crippen LogP contribution >= 0.6 is 0 Å². The second kappa shape index (κ2) is 15.4. The highest BCUT2D eigenvalue weighted by atomic mass is 15.0. The maximum absolute atomic E-state index is 5.17. The number of rotatable bonds is 7. The molecule has 0 amide bonds. The Bertz CT molecular complexity index is 3960. The summed E-state index contributed by atoms with van der Waals surface area (Å²) < 4.78 is 4.78. The van der Waals surface area contributed by atoms with Crippen LogP contribution in [0.3, 0.4) is 0 Å². The molecule has 0 aliphatic rings. The second-order valence-corrected chi connectivity index (χ2v) is 17.0. The van der Waals surface area contributed by atoms with Gasteiger partial charge >= 0.3 is 0 Å². The van der Waals surface area contributed by atoms with Crippen molar-refractivity contribution in [1.29, 1.82) is 0 Å². The van der Waals surface area contributed by atoms with Gasteiger partial charge in [-0.1, -0.05) is 158 Å². The van der Waals surface area contributed by atoms with Gasteiger partial charge in [-0.05, 0) is 118 Å². The Labute approximate surface area is 382 Å². The third-order valence-electron chi connectivity index (χ3n) is 13.1. The van der Waals surface area contributed by atoms with Crippen LogP contribution in [0.2, 0.25) is 0 Å². The van der Waals surface area contributed by atoms with Crippen molar-refractivity contribution in [2.24, 2.45) is 0 Å². The molecule has 0 spiro atoms. The summed E-state index contributed by atoms with van der Waals surface area (Å²) in [6.07, 6.45) is 0. The van der Waals surface area contributed by atoms with Crippen LogP contribution in [0.5, 0.6) is 0 Å². The molecule has 0 saturated heterocycles. The molecule has 66 heavy (non-hydrogen) atoms. The van der Waals surface area contributed by atoms with Gasteiger partial charge in [-0.25, -0.2) is 9.97 Å². The van der Waals surface area contributed by atoms with Gasteiger partial charge < -0.3 is 9.13 Å². The average molecular weight is 841 g/mol. The largest absolute Gasteiger partial charge is 0.309 e. The van der Waals surface area contributed by atoms with E-state index in [1.54, 1.807) is 0 Å². The Morgan fingerprint density at radius 3 is 1.15 bits per heavy atom. The number of hydrogen-bond donors (Lipinski definition) is 0. The van der Waals surface area contributed by atoms with Crippen molar-refractivity contribution in [1.82, 2.24) is 19.1 Å². The molecule has 13 aromatic rings. The maximum Gasteiger partial charge on any atom is 0.0973 e. The number of fused-ring (bicyclic) bond motifs is 7. The average Bonchev–Trinajstić information content (AvgIpc) is 3.91. The molecular formula is C62H40N4. The Morgan fingerprint density at radius 1 is 0.227 bits per heavy atom. The summed E-state index contributed by atoms with van der Waals surface area (Å²) in [6.45, 7) is 0. The monoisotopic (exact) mass is 840 g/mol. The van der Waals surface area contributed by atoms with Gasteiger partial charge in [-0.15, -0.1) is 0 Å². The molecule has 3 heterocycles. The first-order valence-corrected chi connectivity index (χ1v) is 22.5. The standard InChI is InChI=1S/C62H40N4/c1-4-15-41(16-5-1)44-19-14-20-45(37-44)46-29-35-59-53(39-46)54-40-48(31-36-60(54)65(59)49-21-8-3-9-22-49)47-30-34-58-52(38-47)51-23-10-13-26-57(51)66(58)50-32-27-43(28-33-50)62-61(42-17-6-2-7-18-42)63-55-24-11-12-25-56(55)64-62/h1-40H. The minimum absolute atomic E-state index is 0.871.